The average molecular weight is 237 g/mol. The molecule has 4 heteroatoms. The first kappa shape index (κ1) is 10.6. The highest BCUT2D eigenvalue weighted by Gasteiger charge is 2.11. The second-order valence-corrected chi connectivity index (χ2v) is 12.7. The Hall–Kier alpha value is 0.510. The van der Waals surface area contributed by atoms with Crippen molar-refractivity contribution in [3.63, 3.8) is 0 Å². The van der Waals surface area contributed by atoms with Crippen LogP contribution in [0.5, 0.6) is 0 Å². The monoisotopic (exact) mass is 236 g/mol. The third-order valence-corrected chi connectivity index (χ3v) is 7.88. The van der Waals surface area contributed by atoms with Gasteiger partial charge in [-0.1, -0.05) is 59.6 Å². The zero-order valence-electron chi connectivity index (χ0n) is 6.74. The lowest BCUT2D eigenvalue weighted by atomic mass is 10.4. The van der Waals surface area contributed by atoms with E-state index in [1.807, 2.05) is 37.3 Å². The zero-order chi connectivity index (χ0) is 9.03. The van der Waals surface area contributed by atoms with Crippen molar-refractivity contribution in [2.75, 3.05) is 6.16 Å². The Morgan fingerprint density at radius 1 is 1.42 bits per heavy atom. The van der Waals surface area contributed by atoms with E-state index in [1.165, 1.54) is 4.90 Å². The average Bonchev–Trinajstić information content (AvgIpc) is 2.06. The van der Waals surface area contributed by atoms with Crippen molar-refractivity contribution in [1.82, 2.24) is 0 Å². The van der Waals surface area contributed by atoms with Gasteiger partial charge in [-0.2, -0.15) is 0 Å². The van der Waals surface area contributed by atoms with Gasteiger partial charge in [0, 0.05) is 4.90 Å². The van der Waals surface area contributed by atoms with Crippen molar-refractivity contribution in [1.29, 1.82) is 0 Å². The molecular formula is C8H10ClPS2. The number of hydrogen-bond acceptors (Lipinski definition) is 2. The van der Waals surface area contributed by atoms with Crippen molar-refractivity contribution >= 4 is 39.0 Å². The highest BCUT2D eigenvalue weighted by Crippen LogP contribution is 2.65. The first-order chi connectivity index (χ1) is 5.64. The molecular weight excluding hydrogens is 227 g/mol. The van der Waals surface area contributed by atoms with Gasteiger partial charge in [-0.05, 0) is 18.3 Å². The molecule has 1 aromatic carbocycles. The summed E-state index contributed by atoms with van der Waals surface area (Å²) in [6.45, 7) is 2.05. The Morgan fingerprint density at radius 2 is 2.00 bits per heavy atom. The molecule has 0 nitrogen and oxygen atoms in total. The summed E-state index contributed by atoms with van der Waals surface area (Å²) in [7, 11) is 0. The predicted molar refractivity (Wildman–Crippen MR) is 63.0 cm³/mol. The lowest BCUT2D eigenvalue weighted by Gasteiger charge is -2.09. The summed E-state index contributed by atoms with van der Waals surface area (Å²) in [6.07, 6.45) is 0.892. The third-order valence-electron chi connectivity index (χ3n) is 1.36. The minimum absolute atomic E-state index is 0.892. The molecule has 66 valence electrons. The summed E-state index contributed by atoms with van der Waals surface area (Å²) in [5.41, 5.74) is 0. The summed E-state index contributed by atoms with van der Waals surface area (Å²) in [5.74, 6) is 0. The Kier molecular flexibility index (Phi) is 4.12. The molecule has 1 unspecified atom stereocenters. The van der Waals surface area contributed by atoms with Gasteiger partial charge in [0.15, 0.2) is 0 Å². The van der Waals surface area contributed by atoms with Gasteiger partial charge in [-0.3, -0.25) is 0 Å². The molecule has 0 aliphatic rings. The lowest BCUT2D eigenvalue weighted by Crippen LogP contribution is -1.71. The summed E-state index contributed by atoms with van der Waals surface area (Å²) < 4.78 is -1.67. The molecule has 0 bridgehead atoms. The van der Waals surface area contributed by atoms with E-state index in [-0.39, 0.29) is 0 Å². The van der Waals surface area contributed by atoms with Crippen LogP contribution in [-0.4, -0.2) is 6.16 Å². The molecule has 0 fully saturated rings. The summed E-state index contributed by atoms with van der Waals surface area (Å²) >= 11 is 13.0. The van der Waals surface area contributed by atoms with E-state index in [9.17, 15) is 0 Å². The SMILES string of the molecule is CCP(=S)(Cl)Sc1ccccc1. The maximum Gasteiger partial charge on any atom is 0.0932 e. The molecule has 0 saturated heterocycles. The highest BCUT2D eigenvalue weighted by molar-refractivity contribution is 8.78. The third kappa shape index (κ3) is 3.49. The van der Waals surface area contributed by atoms with Crippen molar-refractivity contribution in [3.05, 3.63) is 30.3 Å². The number of rotatable bonds is 3. The fourth-order valence-corrected chi connectivity index (χ4v) is 4.61. The molecule has 1 aromatic rings. The standard InChI is InChI=1S/C8H10ClPS2/c1-2-10(9,11)12-8-6-4-3-5-7-8/h3-7H,2H2,1H3. The second-order valence-electron chi connectivity index (χ2n) is 2.31. The Balaban J connectivity index is 2.71. The van der Waals surface area contributed by atoms with Crippen molar-refractivity contribution in [3.8, 4) is 0 Å². The second kappa shape index (κ2) is 4.66. The van der Waals surface area contributed by atoms with Gasteiger partial charge in [0.1, 0.15) is 0 Å². The van der Waals surface area contributed by atoms with Crippen LogP contribution in [0.4, 0.5) is 0 Å². The Morgan fingerprint density at radius 3 is 2.50 bits per heavy atom. The minimum atomic E-state index is -1.67. The summed E-state index contributed by atoms with van der Waals surface area (Å²) in [6, 6.07) is 10.1. The van der Waals surface area contributed by atoms with Crippen molar-refractivity contribution < 1.29 is 0 Å². The summed E-state index contributed by atoms with van der Waals surface area (Å²) in [5, 5.41) is 0. The molecule has 1 atom stereocenters. The van der Waals surface area contributed by atoms with E-state index < -0.39 is 4.59 Å². The fraction of sp³-hybridized carbons (Fsp3) is 0.250. The van der Waals surface area contributed by atoms with Gasteiger partial charge in [0.25, 0.3) is 0 Å². The molecule has 0 radical (unpaired) electrons. The molecule has 0 aromatic heterocycles. The quantitative estimate of drug-likeness (QED) is 0.716. The highest BCUT2D eigenvalue weighted by atomic mass is 35.7. The minimum Gasteiger partial charge on any atom is -0.0736 e. The van der Waals surface area contributed by atoms with E-state index in [0.717, 1.165) is 6.16 Å². The molecule has 0 spiro atoms. The van der Waals surface area contributed by atoms with Gasteiger partial charge >= 0.3 is 0 Å². The number of hydrogen-bond donors (Lipinski definition) is 0. The molecule has 0 saturated carbocycles. The molecule has 0 amide bonds. The fourth-order valence-electron chi connectivity index (χ4n) is 0.703. The van der Waals surface area contributed by atoms with Crippen LogP contribution >= 0.6 is 27.2 Å². The van der Waals surface area contributed by atoms with Crippen LogP contribution < -0.4 is 0 Å². The Bertz CT molecular complexity index is 286. The zero-order valence-corrected chi connectivity index (χ0v) is 10.0. The van der Waals surface area contributed by atoms with Crippen LogP contribution in [0.1, 0.15) is 6.92 Å². The molecule has 0 N–H and O–H groups in total. The molecule has 1 rings (SSSR count). The van der Waals surface area contributed by atoms with Crippen LogP contribution in [0, 0.1) is 0 Å². The molecule has 0 aliphatic carbocycles. The van der Waals surface area contributed by atoms with E-state index in [0.29, 0.717) is 0 Å². The molecule has 12 heavy (non-hydrogen) atoms. The lowest BCUT2D eigenvalue weighted by molar-refractivity contribution is 1.47. The van der Waals surface area contributed by atoms with Gasteiger partial charge < -0.3 is 0 Å². The largest absolute Gasteiger partial charge is 0.0932 e. The van der Waals surface area contributed by atoms with Crippen LogP contribution in [0.3, 0.4) is 0 Å². The van der Waals surface area contributed by atoms with Crippen LogP contribution in [-0.2, 0) is 11.8 Å². The van der Waals surface area contributed by atoms with Gasteiger partial charge in [-0.15, -0.1) is 0 Å². The van der Waals surface area contributed by atoms with Crippen LogP contribution in [0.15, 0.2) is 35.2 Å². The molecule has 0 heterocycles. The van der Waals surface area contributed by atoms with E-state index in [2.05, 4.69) is 0 Å². The van der Waals surface area contributed by atoms with Gasteiger partial charge in [0.05, 0.1) is 4.59 Å². The topological polar surface area (TPSA) is 0 Å². The number of halogens is 1. The van der Waals surface area contributed by atoms with Crippen LogP contribution in [0.2, 0.25) is 0 Å². The number of benzene rings is 1. The summed E-state index contributed by atoms with van der Waals surface area (Å²) in [4.78, 5) is 1.18. The van der Waals surface area contributed by atoms with Gasteiger partial charge in [-0.25, -0.2) is 0 Å². The van der Waals surface area contributed by atoms with Crippen molar-refractivity contribution in [2.24, 2.45) is 0 Å². The first-order valence-corrected chi connectivity index (χ1v) is 8.99. The smallest absolute Gasteiger partial charge is 0.0736 e. The van der Waals surface area contributed by atoms with E-state index in [4.69, 9.17) is 23.0 Å². The molecule has 0 aliphatic heterocycles. The maximum absolute atomic E-state index is 6.14. The van der Waals surface area contributed by atoms with E-state index in [1.54, 1.807) is 11.4 Å². The van der Waals surface area contributed by atoms with Crippen molar-refractivity contribution in [2.45, 2.75) is 11.8 Å². The van der Waals surface area contributed by atoms with E-state index >= 15 is 0 Å². The van der Waals surface area contributed by atoms with Gasteiger partial charge in [0.2, 0.25) is 0 Å². The van der Waals surface area contributed by atoms with Crippen LogP contribution in [0.25, 0.3) is 0 Å². The predicted octanol–water partition coefficient (Wildman–Crippen LogP) is 4.35. The normalized spacial score (nSPS) is 15.5. The Labute approximate surface area is 87.2 Å². The first-order valence-electron chi connectivity index (χ1n) is 3.67. The maximum atomic E-state index is 6.14.